The lowest BCUT2D eigenvalue weighted by Gasteiger charge is -2.22. The monoisotopic (exact) mass is 319 g/mol. The first-order valence-electron chi connectivity index (χ1n) is 8.21. The molecule has 23 heavy (non-hydrogen) atoms. The van der Waals surface area contributed by atoms with Crippen LogP contribution in [0.4, 0.5) is 0 Å². The van der Waals surface area contributed by atoms with Crippen molar-refractivity contribution in [1.82, 2.24) is 4.90 Å². The van der Waals surface area contributed by atoms with Gasteiger partial charge in [-0.25, -0.2) is 0 Å². The minimum atomic E-state index is -0.769. The maximum absolute atomic E-state index is 12.3. The topological polar surface area (TPSA) is 66.8 Å². The first-order valence-corrected chi connectivity index (χ1v) is 8.21. The van der Waals surface area contributed by atoms with Crippen molar-refractivity contribution in [3.8, 4) is 5.75 Å². The lowest BCUT2D eigenvalue weighted by atomic mass is 10.1. The SMILES string of the molecule is CC(C)Oc1ccc(C(=O)CCN2CCCC2CC(=O)O)cc1. The lowest BCUT2D eigenvalue weighted by Crippen LogP contribution is -2.33. The summed E-state index contributed by atoms with van der Waals surface area (Å²) in [5.74, 6) is 0.0775. The van der Waals surface area contributed by atoms with Gasteiger partial charge in [0.2, 0.25) is 0 Å². The van der Waals surface area contributed by atoms with E-state index in [4.69, 9.17) is 9.84 Å². The molecular formula is C18H25NO4. The quantitative estimate of drug-likeness (QED) is 0.746. The van der Waals surface area contributed by atoms with Gasteiger partial charge >= 0.3 is 5.97 Å². The van der Waals surface area contributed by atoms with Gasteiger partial charge in [-0.05, 0) is 57.5 Å². The van der Waals surface area contributed by atoms with Crippen LogP contribution in [0, 0.1) is 0 Å². The molecule has 5 nitrogen and oxygen atoms in total. The molecule has 126 valence electrons. The second-order valence-electron chi connectivity index (χ2n) is 6.29. The summed E-state index contributed by atoms with van der Waals surface area (Å²) in [6.45, 7) is 5.43. The van der Waals surface area contributed by atoms with Crippen LogP contribution in [0.25, 0.3) is 0 Å². The maximum atomic E-state index is 12.3. The van der Waals surface area contributed by atoms with E-state index in [1.165, 1.54) is 0 Å². The third-order valence-electron chi connectivity index (χ3n) is 4.08. The third kappa shape index (κ3) is 5.36. The molecule has 0 aliphatic carbocycles. The number of hydrogen-bond acceptors (Lipinski definition) is 4. The van der Waals surface area contributed by atoms with E-state index in [0.717, 1.165) is 25.1 Å². The number of nitrogens with zero attached hydrogens (tertiary/aromatic N) is 1. The Balaban J connectivity index is 1.85. The number of hydrogen-bond donors (Lipinski definition) is 1. The summed E-state index contributed by atoms with van der Waals surface area (Å²) in [5.41, 5.74) is 0.676. The molecule has 1 aromatic carbocycles. The number of ketones is 1. The highest BCUT2D eigenvalue weighted by atomic mass is 16.5. The van der Waals surface area contributed by atoms with Crippen molar-refractivity contribution in [2.45, 2.75) is 51.7 Å². The van der Waals surface area contributed by atoms with Crippen molar-refractivity contribution in [3.05, 3.63) is 29.8 Å². The van der Waals surface area contributed by atoms with Crippen LogP contribution < -0.4 is 4.74 Å². The number of carbonyl (C=O) groups is 2. The molecule has 0 radical (unpaired) electrons. The highest BCUT2D eigenvalue weighted by Crippen LogP contribution is 2.21. The summed E-state index contributed by atoms with van der Waals surface area (Å²) in [7, 11) is 0. The Bertz CT molecular complexity index is 538. The molecule has 1 fully saturated rings. The van der Waals surface area contributed by atoms with E-state index in [9.17, 15) is 9.59 Å². The highest BCUT2D eigenvalue weighted by Gasteiger charge is 2.26. The number of Topliss-reactive ketones (excluding diaryl/α,β-unsaturated/α-hetero) is 1. The van der Waals surface area contributed by atoms with Crippen LogP contribution in [-0.2, 0) is 4.79 Å². The Labute approximate surface area is 137 Å². The second kappa shape index (κ2) is 8.11. The molecular weight excluding hydrogens is 294 g/mol. The Morgan fingerprint density at radius 3 is 2.61 bits per heavy atom. The van der Waals surface area contributed by atoms with Crippen LogP contribution in [0.1, 0.15) is 49.9 Å². The number of carbonyl (C=O) groups excluding carboxylic acids is 1. The molecule has 1 atom stereocenters. The zero-order chi connectivity index (χ0) is 16.8. The Morgan fingerprint density at radius 2 is 2.00 bits per heavy atom. The van der Waals surface area contributed by atoms with Crippen molar-refractivity contribution in [2.75, 3.05) is 13.1 Å². The molecule has 0 spiro atoms. The minimum Gasteiger partial charge on any atom is -0.491 e. The van der Waals surface area contributed by atoms with E-state index in [1.54, 1.807) is 12.1 Å². The fourth-order valence-electron chi connectivity index (χ4n) is 3.00. The van der Waals surface area contributed by atoms with E-state index in [-0.39, 0.29) is 24.3 Å². The van der Waals surface area contributed by atoms with Gasteiger partial charge in [-0.3, -0.25) is 14.5 Å². The van der Waals surface area contributed by atoms with Crippen LogP contribution in [0.3, 0.4) is 0 Å². The fourth-order valence-corrected chi connectivity index (χ4v) is 3.00. The number of ether oxygens (including phenoxy) is 1. The standard InChI is InChI=1S/C18H25NO4/c1-13(2)23-16-7-5-14(6-8-16)17(20)9-11-19-10-3-4-15(19)12-18(21)22/h5-8,13,15H,3-4,9-12H2,1-2H3,(H,21,22). The molecule has 0 amide bonds. The summed E-state index contributed by atoms with van der Waals surface area (Å²) in [6, 6.07) is 7.28. The fraction of sp³-hybridized carbons (Fsp3) is 0.556. The Morgan fingerprint density at radius 1 is 1.30 bits per heavy atom. The zero-order valence-electron chi connectivity index (χ0n) is 13.8. The predicted octanol–water partition coefficient (Wildman–Crippen LogP) is 2.99. The first-order chi connectivity index (χ1) is 11.0. The molecule has 5 heteroatoms. The summed E-state index contributed by atoms with van der Waals surface area (Å²) >= 11 is 0. The van der Waals surface area contributed by atoms with Crippen LogP contribution >= 0.6 is 0 Å². The van der Waals surface area contributed by atoms with Gasteiger partial charge in [0.25, 0.3) is 0 Å². The number of rotatable bonds is 8. The average Bonchev–Trinajstić information content (AvgIpc) is 2.91. The van der Waals surface area contributed by atoms with Crippen LogP contribution in [-0.4, -0.2) is 47.0 Å². The van der Waals surface area contributed by atoms with Crippen molar-refractivity contribution in [2.24, 2.45) is 0 Å². The smallest absolute Gasteiger partial charge is 0.304 e. The van der Waals surface area contributed by atoms with E-state index in [2.05, 4.69) is 4.90 Å². The molecule has 2 rings (SSSR count). The normalized spacial score (nSPS) is 18.3. The number of carboxylic acids is 1. The molecule has 0 saturated carbocycles. The summed E-state index contributed by atoms with van der Waals surface area (Å²) in [4.78, 5) is 25.3. The Kier molecular flexibility index (Phi) is 6.16. The molecule has 0 bridgehead atoms. The number of aliphatic carboxylic acids is 1. The number of likely N-dealkylation sites (tertiary alicyclic amines) is 1. The number of carboxylic acid groups (broad SMARTS) is 1. The van der Waals surface area contributed by atoms with E-state index < -0.39 is 5.97 Å². The van der Waals surface area contributed by atoms with E-state index >= 15 is 0 Å². The van der Waals surface area contributed by atoms with Gasteiger partial charge in [0, 0.05) is 24.6 Å². The predicted molar refractivity (Wildman–Crippen MR) is 88.0 cm³/mol. The first kappa shape index (κ1) is 17.5. The van der Waals surface area contributed by atoms with Gasteiger partial charge in [-0.2, -0.15) is 0 Å². The molecule has 1 aromatic rings. The maximum Gasteiger partial charge on any atom is 0.304 e. The average molecular weight is 319 g/mol. The van der Waals surface area contributed by atoms with Gasteiger partial charge in [0.15, 0.2) is 5.78 Å². The molecule has 0 aromatic heterocycles. The lowest BCUT2D eigenvalue weighted by molar-refractivity contribution is -0.138. The number of benzene rings is 1. The molecule has 1 saturated heterocycles. The second-order valence-corrected chi connectivity index (χ2v) is 6.29. The summed E-state index contributed by atoms with van der Waals surface area (Å²) < 4.78 is 5.57. The van der Waals surface area contributed by atoms with Crippen LogP contribution in [0.5, 0.6) is 5.75 Å². The zero-order valence-corrected chi connectivity index (χ0v) is 13.8. The van der Waals surface area contributed by atoms with E-state index in [0.29, 0.717) is 18.5 Å². The van der Waals surface area contributed by atoms with Crippen molar-refractivity contribution < 1.29 is 19.4 Å². The van der Waals surface area contributed by atoms with Crippen molar-refractivity contribution >= 4 is 11.8 Å². The summed E-state index contributed by atoms with van der Waals surface area (Å²) in [6.07, 6.45) is 2.60. The third-order valence-corrected chi connectivity index (χ3v) is 4.08. The highest BCUT2D eigenvalue weighted by molar-refractivity contribution is 5.96. The Hall–Kier alpha value is -1.88. The molecule has 1 aliphatic heterocycles. The van der Waals surface area contributed by atoms with Crippen LogP contribution in [0.2, 0.25) is 0 Å². The molecule has 1 unspecified atom stereocenters. The van der Waals surface area contributed by atoms with Gasteiger partial charge in [-0.15, -0.1) is 0 Å². The van der Waals surface area contributed by atoms with Gasteiger partial charge in [0.05, 0.1) is 12.5 Å². The van der Waals surface area contributed by atoms with Gasteiger partial charge in [0.1, 0.15) is 5.75 Å². The molecule has 1 aliphatic rings. The molecule has 1 heterocycles. The van der Waals surface area contributed by atoms with E-state index in [1.807, 2.05) is 26.0 Å². The largest absolute Gasteiger partial charge is 0.491 e. The summed E-state index contributed by atoms with van der Waals surface area (Å²) in [5, 5.41) is 8.93. The van der Waals surface area contributed by atoms with Crippen molar-refractivity contribution in [1.29, 1.82) is 0 Å². The van der Waals surface area contributed by atoms with Crippen LogP contribution in [0.15, 0.2) is 24.3 Å². The van der Waals surface area contributed by atoms with Gasteiger partial charge < -0.3 is 9.84 Å². The van der Waals surface area contributed by atoms with Gasteiger partial charge in [-0.1, -0.05) is 0 Å². The minimum absolute atomic E-state index is 0.0714. The molecule has 1 N–H and O–H groups in total. The van der Waals surface area contributed by atoms with Crippen molar-refractivity contribution in [3.63, 3.8) is 0 Å².